The third kappa shape index (κ3) is 3.83. The molecule has 0 aliphatic rings. The van der Waals surface area contributed by atoms with Crippen molar-refractivity contribution in [1.29, 1.82) is 0 Å². The molecular weight excluding hydrogens is 281 g/mol. The van der Waals surface area contributed by atoms with E-state index < -0.39 is 33.2 Å². The van der Waals surface area contributed by atoms with Gasteiger partial charge in [-0.3, -0.25) is 0 Å². The number of anilines is 1. The van der Waals surface area contributed by atoms with Crippen molar-refractivity contribution in [2.24, 2.45) is 0 Å². The van der Waals surface area contributed by atoms with Crippen molar-refractivity contribution in [3.63, 3.8) is 0 Å². The molecule has 0 heterocycles. The van der Waals surface area contributed by atoms with Crippen LogP contribution in [0, 0.1) is 0 Å². The third-order valence-electron chi connectivity index (χ3n) is 1.91. The lowest BCUT2D eigenvalue weighted by atomic mass is 10.3. The molecule has 0 radical (unpaired) electrons. The van der Waals surface area contributed by atoms with E-state index in [2.05, 4.69) is 0 Å². The predicted octanol–water partition coefficient (Wildman–Crippen LogP) is 2.66. The van der Waals surface area contributed by atoms with Crippen molar-refractivity contribution in [1.82, 2.24) is 0 Å². The second kappa shape index (κ2) is 5.09. The summed E-state index contributed by atoms with van der Waals surface area (Å²) in [6, 6.07) is 3.61. The minimum Gasteiger partial charge on any atom is -0.376 e. The van der Waals surface area contributed by atoms with Gasteiger partial charge in [-0.2, -0.15) is 22.0 Å². The smallest absolute Gasteiger partial charge is 0.376 e. The van der Waals surface area contributed by atoms with E-state index in [1.807, 2.05) is 5.32 Å². The molecule has 3 nitrogen and oxygen atoms in total. The summed E-state index contributed by atoms with van der Waals surface area (Å²) < 4.78 is 81.9. The molecule has 1 N–H and O–H groups in total. The summed E-state index contributed by atoms with van der Waals surface area (Å²) in [4.78, 5) is -0.643. The first kappa shape index (κ1) is 14.7. The first-order valence-corrected chi connectivity index (χ1v) is 6.10. The van der Waals surface area contributed by atoms with Gasteiger partial charge in [-0.15, -0.1) is 0 Å². The number of hydrogen-bond acceptors (Lipinski definition) is 3. The maximum atomic E-state index is 12.2. The van der Waals surface area contributed by atoms with Crippen molar-refractivity contribution in [3.8, 4) is 0 Å². The molecule has 0 atom stereocenters. The van der Waals surface area contributed by atoms with Gasteiger partial charge >= 0.3 is 11.9 Å². The Bertz CT molecular complexity index is 495. The fourth-order valence-electron chi connectivity index (χ4n) is 1.07. The molecule has 0 saturated heterocycles. The number of rotatable bonds is 4. The summed E-state index contributed by atoms with van der Waals surface area (Å²) in [5, 5.41) is 1.99. The minimum absolute atomic E-state index is 0.0134. The Hall–Kier alpha value is -1.38. The van der Waals surface area contributed by atoms with Crippen molar-refractivity contribution in [2.75, 3.05) is 11.9 Å². The zero-order valence-electron chi connectivity index (χ0n) is 8.71. The van der Waals surface area contributed by atoms with Gasteiger partial charge in [0.25, 0.3) is 0 Å². The largest absolute Gasteiger partial charge is 0.405 e. The van der Waals surface area contributed by atoms with Gasteiger partial charge in [-0.1, -0.05) is 0 Å². The van der Waals surface area contributed by atoms with Crippen LogP contribution in [0.5, 0.6) is 0 Å². The predicted molar refractivity (Wildman–Crippen MR) is 54.2 cm³/mol. The van der Waals surface area contributed by atoms with Crippen LogP contribution in [0.15, 0.2) is 29.2 Å². The van der Waals surface area contributed by atoms with Crippen LogP contribution < -0.4 is 5.32 Å². The van der Waals surface area contributed by atoms with Gasteiger partial charge in [0, 0.05) is 5.69 Å². The average molecular weight is 289 g/mol. The Morgan fingerprint density at radius 2 is 1.61 bits per heavy atom. The quantitative estimate of drug-likeness (QED) is 0.867. The molecule has 0 saturated carbocycles. The average Bonchev–Trinajstić information content (AvgIpc) is 2.26. The summed E-state index contributed by atoms with van der Waals surface area (Å²) in [5.41, 5.74) is -0.0134. The van der Waals surface area contributed by atoms with Crippen LogP contribution in [0.1, 0.15) is 0 Å². The van der Waals surface area contributed by atoms with Crippen LogP contribution in [0.25, 0.3) is 0 Å². The first-order valence-electron chi connectivity index (χ1n) is 4.56. The Morgan fingerprint density at radius 1 is 1.11 bits per heavy atom. The van der Waals surface area contributed by atoms with Gasteiger partial charge in [-0.05, 0) is 24.3 Å². The highest BCUT2D eigenvalue weighted by Crippen LogP contribution is 2.21. The minimum atomic E-state index is -4.72. The molecule has 0 aromatic heterocycles. The molecular formula is C9H8F5NO2S. The summed E-state index contributed by atoms with van der Waals surface area (Å²) in [6.45, 7) is -1.30. The molecule has 0 bridgehead atoms. The van der Waals surface area contributed by atoms with Gasteiger partial charge < -0.3 is 5.32 Å². The van der Waals surface area contributed by atoms with E-state index in [4.69, 9.17) is 0 Å². The van der Waals surface area contributed by atoms with Crippen LogP contribution in [0.2, 0.25) is 0 Å². The van der Waals surface area contributed by atoms with Crippen LogP contribution in [0.3, 0.4) is 0 Å². The number of hydrogen-bond donors (Lipinski definition) is 1. The summed E-state index contributed by atoms with van der Waals surface area (Å²) in [6.07, 6.45) is -4.42. The fraction of sp³-hybridized carbons (Fsp3) is 0.333. The van der Waals surface area contributed by atoms with E-state index in [0.717, 1.165) is 24.3 Å². The lowest BCUT2D eigenvalue weighted by molar-refractivity contribution is -0.115. The third-order valence-corrected chi connectivity index (χ3v) is 3.31. The number of halogens is 5. The van der Waals surface area contributed by atoms with Crippen LogP contribution in [-0.2, 0) is 9.84 Å². The molecule has 0 amide bonds. The molecule has 0 fully saturated rings. The standard InChI is InChI=1S/C9H8F5NO2S/c10-8(11)18(16,17)7-3-1-6(2-4-7)15-5-9(12,13)14/h1-4,8,15H,5H2. The fourth-order valence-corrected chi connectivity index (χ4v) is 1.79. The molecule has 1 aromatic rings. The Kier molecular flexibility index (Phi) is 4.15. The molecule has 1 aromatic carbocycles. The van der Waals surface area contributed by atoms with E-state index >= 15 is 0 Å². The van der Waals surface area contributed by atoms with Gasteiger partial charge in [0.1, 0.15) is 6.54 Å². The number of alkyl halides is 5. The molecule has 0 unspecified atom stereocenters. The van der Waals surface area contributed by atoms with Gasteiger partial charge in [0.2, 0.25) is 9.84 Å². The van der Waals surface area contributed by atoms with E-state index in [1.165, 1.54) is 0 Å². The van der Waals surface area contributed by atoms with Crippen LogP contribution in [0.4, 0.5) is 27.6 Å². The second-order valence-electron chi connectivity index (χ2n) is 3.30. The summed E-state index contributed by atoms with van der Waals surface area (Å²) >= 11 is 0. The Labute approximate surface area is 99.5 Å². The topological polar surface area (TPSA) is 46.2 Å². The molecule has 1 rings (SSSR count). The molecule has 18 heavy (non-hydrogen) atoms. The Balaban J connectivity index is 2.81. The SMILES string of the molecule is O=S(=O)(c1ccc(NCC(F)(F)F)cc1)C(F)F. The number of sulfone groups is 1. The zero-order valence-corrected chi connectivity index (χ0v) is 9.52. The van der Waals surface area contributed by atoms with Gasteiger partial charge in [-0.25, -0.2) is 8.42 Å². The molecule has 9 heteroatoms. The van der Waals surface area contributed by atoms with Crippen molar-refractivity contribution >= 4 is 15.5 Å². The van der Waals surface area contributed by atoms with E-state index in [-0.39, 0.29) is 5.69 Å². The van der Waals surface area contributed by atoms with E-state index in [0.29, 0.717) is 0 Å². The number of nitrogens with one attached hydrogen (secondary N) is 1. The van der Waals surface area contributed by atoms with Crippen molar-refractivity contribution < 1.29 is 30.4 Å². The highest BCUT2D eigenvalue weighted by molar-refractivity contribution is 7.91. The Morgan fingerprint density at radius 3 is 2.00 bits per heavy atom. The maximum Gasteiger partial charge on any atom is 0.405 e. The maximum absolute atomic E-state index is 12.2. The van der Waals surface area contributed by atoms with E-state index in [9.17, 15) is 30.4 Å². The van der Waals surface area contributed by atoms with Crippen LogP contribution in [-0.4, -0.2) is 26.9 Å². The van der Waals surface area contributed by atoms with Crippen molar-refractivity contribution in [3.05, 3.63) is 24.3 Å². The van der Waals surface area contributed by atoms with Crippen LogP contribution >= 0.6 is 0 Å². The number of benzene rings is 1. The highest BCUT2D eigenvalue weighted by Gasteiger charge is 2.28. The summed E-state index contributed by atoms with van der Waals surface area (Å²) in [5.74, 6) is -3.56. The molecule has 0 aliphatic heterocycles. The normalized spacial score (nSPS) is 12.8. The first-order chi connectivity index (χ1) is 8.13. The van der Waals surface area contributed by atoms with Crippen molar-refractivity contribution in [2.45, 2.75) is 16.8 Å². The lowest BCUT2D eigenvalue weighted by Crippen LogP contribution is -2.21. The molecule has 0 aliphatic carbocycles. The molecule has 102 valence electrons. The summed E-state index contributed by atoms with van der Waals surface area (Å²) in [7, 11) is -4.72. The monoisotopic (exact) mass is 289 g/mol. The molecule has 0 spiro atoms. The lowest BCUT2D eigenvalue weighted by Gasteiger charge is -2.10. The second-order valence-corrected chi connectivity index (χ2v) is 5.22. The van der Waals surface area contributed by atoms with Gasteiger partial charge in [0.05, 0.1) is 4.90 Å². The highest BCUT2D eigenvalue weighted by atomic mass is 32.2. The van der Waals surface area contributed by atoms with Gasteiger partial charge in [0.15, 0.2) is 0 Å². The van der Waals surface area contributed by atoms with E-state index in [1.54, 1.807) is 0 Å². The zero-order chi connectivity index (χ0) is 14.0.